The van der Waals surface area contributed by atoms with Crippen molar-refractivity contribution in [3.8, 4) is 0 Å². The second-order valence-corrected chi connectivity index (χ2v) is 5.84. The van der Waals surface area contributed by atoms with Gasteiger partial charge >= 0.3 is 0 Å². The first kappa shape index (κ1) is 11.2. The Bertz CT molecular complexity index is 610. The Morgan fingerprint density at radius 1 is 1.11 bits per heavy atom. The second-order valence-electron chi connectivity index (χ2n) is 5.84. The van der Waals surface area contributed by atoms with Crippen molar-refractivity contribution < 1.29 is 0 Å². The van der Waals surface area contributed by atoms with Crippen molar-refractivity contribution in [2.45, 2.75) is 31.8 Å². The SMILES string of the molecule is Cc1ccc2c(N3C[C@H]4CC[C@@H](C3)N4)cccc2n1. The van der Waals surface area contributed by atoms with E-state index >= 15 is 0 Å². The number of anilines is 1. The minimum atomic E-state index is 0.674. The molecule has 3 heteroatoms. The molecule has 0 amide bonds. The molecule has 0 unspecified atom stereocenters. The molecule has 2 aliphatic heterocycles. The number of piperazine rings is 1. The van der Waals surface area contributed by atoms with Gasteiger partial charge in [-0.2, -0.15) is 0 Å². The highest BCUT2D eigenvalue weighted by atomic mass is 15.2. The molecule has 2 bridgehead atoms. The van der Waals surface area contributed by atoms with Crippen LogP contribution >= 0.6 is 0 Å². The van der Waals surface area contributed by atoms with Crippen LogP contribution in [-0.4, -0.2) is 30.2 Å². The maximum absolute atomic E-state index is 4.64. The van der Waals surface area contributed by atoms with Crippen molar-refractivity contribution in [1.82, 2.24) is 10.3 Å². The fourth-order valence-corrected chi connectivity index (χ4v) is 3.51. The van der Waals surface area contributed by atoms with E-state index in [1.165, 1.54) is 23.9 Å². The Morgan fingerprint density at radius 2 is 1.89 bits per heavy atom. The van der Waals surface area contributed by atoms with Gasteiger partial charge in [0.15, 0.2) is 0 Å². The van der Waals surface area contributed by atoms with Gasteiger partial charge in [-0.15, -0.1) is 0 Å². The van der Waals surface area contributed by atoms with Gasteiger partial charge in [-0.3, -0.25) is 4.98 Å². The Labute approximate surface area is 113 Å². The predicted octanol–water partition coefficient (Wildman–Crippen LogP) is 2.48. The average molecular weight is 253 g/mol. The first-order valence-corrected chi connectivity index (χ1v) is 7.17. The third kappa shape index (κ3) is 1.89. The molecule has 2 aliphatic rings. The van der Waals surface area contributed by atoms with E-state index in [0.717, 1.165) is 24.3 Å². The zero-order valence-corrected chi connectivity index (χ0v) is 11.3. The lowest BCUT2D eigenvalue weighted by Crippen LogP contribution is -2.51. The number of pyridine rings is 1. The molecule has 2 atom stereocenters. The van der Waals surface area contributed by atoms with Crippen LogP contribution in [0, 0.1) is 6.92 Å². The summed E-state index contributed by atoms with van der Waals surface area (Å²) in [5, 5.41) is 4.98. The highest BCUT2D eigenvalue weighted by molar-refractivity contribution is 5.92. The number of nitrogens with one attached hydrogen (secondary N) is 1. The van der Waals surface area contributed by atoms with E-state index in [2.05, 4.69) is 52.5 Å². The summed E-state index contributed by atoms with van der Waals surface area (Å²) in [6, 6.07) is 12.2. The van der Waals surface area contributed by atoms with Crippen LogP contribution in [0.1, 0.15) is 18.5 Å². The lowest BCUT2D eigenvalue weighted by molar-refractivity contribution is 0.466. The molecule has 2 fully saturated rings. The Morgan fingerprint density at radius 3 is 2.68 bits per heavy atom. The highest BCUT2D eigenvalue weighted by Crippen LogP contribution is 2.30. The van der Waals surface area contributed by atoms with E-state index in [1.54, 1.807) is 0 Å². The van der Waals surface area contributed by atoms with E-state index in [4.69, 9.17) is 0 Å². The normalized spacial score (nSPS) is 26.1. The summed E-state index contributed by atoms with van der Waals surface area (Å²) in [5.41, 5.74) is 3.55. The first-order valence-electron chi connectivity index (χ1n) is 7.17. The fraction of sp³-hybridized carbons (Fsp3) is 0.438. The molecule has 3 nitrogen and oxygen atoms in total. The lowest BCUT2D eigenvalue weighted by Gasteiger charge is -2.35. The molecule has 0 radical (unpaired) electrons. The van der Waals surface area contributed by atoms with Crippen LogP contribution in [0.2, 0.25) is 0 Å². The maximum Gasteiger partial charge on any atom is 0.0726 e. The molecule has 2 saturated heterocycles. The highest BCUT2D eigenvalue weighted by Gasteiger charge is 2.32. The minimum Gasteiger partial charge on any atom is -0.368 e. The van der Waals surface area contributed by atoms with Gasteiger partial charge in [0.05, 0.1) is 5.52 Å². The van der Waals surface area contributed by atoms with E-state index < -0.39 is 0 Å². The fourth-order valence-electron chi connectivity index (χ4n) is 3.51. The molecule has 1 aromatic carbocycles. The third-order valence-electron chi connectivity index (χ3n) is 4.41. The van der Waals surface area contributed by atoms with Crippen molar-refractivity contribution in [1.29, 1.82) is 0 Å². The minimum absolute atomic E-state index is 0.674. The number of aromatic nitrogens is 1. The lowest BCUT2D eigenvalue weighted by atomic mass is 10.1. The molecule has 19 heavy (non-hydrogen) atoms. The van der Waals surface area contributed by atoms with Crippen LogP contribution in [0.25, 0.3) is 10.9 Å². The Hall–Kier alpha value is -1.61. The Kier molecular flexibility index (Phi) is 2.49. The van der Waals surface area contributed by atoms with Crippen molar-refractivity contribution in [3.05, 3.63) is 36.0 Å². The quantitative estimate of drug-likeness (QED) is 0.846. The predicted molar refractivity (Wildman–Crippen MR) is 78.6 cm³/mol. The largest absolute Gasteiger partial charge is 0.368 e. The molecule has 3 heterocycles. The van der Waals surface area contributed by atoms with E-state index in [-0.39, 0.29) is 0 Å². The molecule has 4 rings (SSSR count). The number of rotatable bonds is 1. The van der Waals surface area contributed by atoms with Gasteiger partial charge in [0.2, 0.25) is 0 Å². The van der Waals surface area contributed by atoms with Crippen molar-refractivity contribution in [2.75, 3.05) is 18.0 Å². The Balaban J connectivity index is 1.78. The van der Waals surface area contributed by atoms with Crippen LogP contribution < -0.4 is 10.2 Å². The summed E-state index contributed by atoms with van der Waals surface area (Å²) in [6.45, 7) is 4.31. The van der Waals surface area contributed by atoms with Gasteiger partial charge in [0.1, 0.15) is 0 Å². The first-order chi connectivity index (χ1) is 9.29. The molecule has 0 saturated carbocycles. The van der Waals surface area contributed by atoms with Crippen molar-refractivity contribution in [3.63, 3.8) is 0 Å². The van der Waals surface area contributed by atoms with Crippen LogP contribution in [-0.2, 0) is 0 Å². The number of benzene rings is 1. The number of hydrogen-bond donors (Lipinski definition) is 1. The molecule has 0 spiro atoms. The summed E-state index contributed by atoms with van der Waals surface area (Å²) in [4.78, 5) is 7.18. The summed E-state index contributed by atoms with van der Waals surface area (Å²) >= 11 is 0. The van der Waals surface area contributed by atoms with Gasteiger partial charge in [0.25, 0.3) is 0 Å². The third-order valence-corrected chi connectivity index (χ3v) is 4.41. The summed E-state index contributed by atoms with van der Waals surface area (Å²) in [7, 11) is 0. The number of fused-ring (bicyclic) bond motifs is 3. The molecule has 1 N–H and O–H groups in total. The number of hydrogen-bond acceptors (Lipinski definition) is 3. The van der Waals surface area contributed by atoms with E-state index in [9.17, 15) is 0 Å². The van der Waals surface area contributed by atoms with Gasteiger partial charge in [-0.1, -0.05) is 6.07 Å². The summed E-state index contributed by atoms with van der Waals surface area (Å²) < 4.78 is 0. The van der Waals surface area contributed by atoms with E-state index in [1.807, 2.05) is 0 Å². The molecular weight excluding hydrogens is 234 g/mol. The van der Waals surface area contributed by atoms with Gasteiger partial charge in [0, 0.05) is 41.9 Å². The van der Waals surface area contributed by atoms with Gasteiger partial charge < -0.3 is 10.2 Å². The molecule has 0 aliphatic carbocycles. The molecular formula is C16H19N3. The zero-order valence-electron chi connectivity index (χ0n) is 11.3. The zero-order chi connectivity index (χ0) is 12.8. The monoisotopic (exact) mass is 253 g/mol. The second kappa shape index (κ2) is 4.20. The standard InChI is InChI=1S/C16H19N3/c1-11-5-8-14-15(17-11)3-2-4-16(14)19-9-12-6-7-13(10-19)18-12/h2-5,8,12-13,18H,6-7,9-10H2,1H3/t12-,13+. The number of aryl methyl sites for hydroxylation is 1. The molecule has 1 aromatic heterocycles. The smallest absolute Gasteiger partial charge is 0.0726 e. The van der Waals surface area contributed by atoms with Crippen LogP contribution in [0.15, 0.2) is 30.3 Å². The summed E-state index contributed by atoms with van der Waals surface area (Å²) in [6.07, 6.45) is 2.65. The van der Waals surface area contributed by atoms with E-state index in [0.29, 0.717) is 12.1 Å². The van der Waals surface area contributed by atoms with Crippen LogP contribution in [0.5, 0.6) is 0 Å². The average Bonchev–Trinajstić information content (AvgIpc) is 2.76. The maximum atomic E-state index is 4.64. The molecule has 98 valence electrons. The van der Waals surface area contributed by atoms with Crippen molar-refractivity contribution >= 4 is 16.6 Å². The topological polar surface area (TPSA) is 28.2 Å². The van der Waals surface area contributed by atoms with Crippen molar-refractivity contribution in [2.24, 2.45) is 0 Å². The number of nitrogens with zero attached hydrogens (tertiary/aromatic N) is 2. The molecule has 2 aromatic rings. The van der Waals surface area contributed by atoms with Crippen LogP contribution in [0.4, 0.5) is 5.69 Å². The van der Waals surface area contributed by atoms with Gasteiger partial charge in [-0.05, 0) is 44.0 Å². The van der Waals surface area contributed by atoms with Crippen LogP contribution in [0.3, 0.4) is 0 Å². The van der Waals surface area contributed by atoms with Gasteiger partial charge in [-0.25, -0.2) is 0 Å². The summed E-state index contributed by atoms with van der Waals surface area (Å²) in [5.74, 6) is 0.